The predicted octanol–water partition coefficient (Wildman–Crippen LogP) is 3.40. The van der Waals surface area contributed by atoms with Gasteiger partial charge in [-0.15, -0.1) is 17.9 Å². The van der Waals surface area contributed by atoms with Crippen LogP contribution in [0.25, 0.3) is 0 Å². The molecule has 0 radical (unpaired) electrons. The van der Waals surface area contributed by atoms with E-state index in [1.807, 2.05) is 6.07 Å². The van der Waals surface area contributed by atoms with Crippen LogP contribution in [-0.4, -0.2) is 30.4 Å². The zero-order chi connectivity index (χ0) is 16.5. The Labute approximate surface area is 142 Å². The predicted molar refractivity (Wildman–Crippen MR) is 97.7 cm³/mol. The van der Waals surface area contributed by atoms with Crippen molar-refractivity contribution in [3.8, 4) is 0 Å². The number of amides is 1. The van der Waals surface area contributed by atoms with Gasteiger partial charge in [0.05, 0.1) is 6.54 Å². The SMILES string of the molecule is C=CCNC(=O)CN(CCc1ccccc1)Cc1ccc(C)s1. The number of aryl methyl sites for hydroxylation is 1. The number of hydrogen-bond donors (Lipinski definition) is 1. The molecule has 0 bridgehead atoms. The normalized spacial score (nSPS) is 10.7. The number of benzene rings is 1. The van der Waals surface area contributed by atoms with Crippen LogP contribution < -0.4 is 5.32 Å². The largest absolute Gasteiger partial charge is 0.352 e. The van der Waals surface area contributed by atoms with E-state index in [9.17, 15) is 4.79 Å². The second-order valence-electron chi connectivity index (χ2n) is 5.55. The molecule has 0 fully saturated rings. The molecule has 23 heavy (non-hydrogen) atoms. The standard InChI is InChI=1S/C19H24N2OS/c1-3-12-20-19(22)15-21(14-18-10-9-16(2)23-18)13-11-17-7-5-4-6-8-17/h3-10H,1,11-15H2,2H3,(H,20,22). The monoisotopic (exact) mass is 328 g/mol. The van der Waals surface area contributed by atoms with Crippen LogP contribution in [-0.2, 0) is 17.8 Å². The lowest BCUT2D eigenvalue weighted by Gasteiger charge is -2.21. The van der Waals surface area contributed by atoms with Crippen LogP contribution in [0.3, 0.4) is 0 Å². The van der Waals surface area contributed by atoms with Gasteiger partial charge in [-0.1, -0.05) is 36.4 Å². The highest BCUT2D eigenvalue weighted by molar-refractivity contribution is 7.11. The molecule has 4 heteroatoms. The van der Waals surface area contributed by atoms with E-state index in [1.54, 1.807) is 17.4 Å². The van der Waals surface area contributed by atoms with E-state index in [2.05, 4.69) is 60.1 Å². The number of thiophene rings is 1. The zero-order valence-corrected chi connectivity index (χ0v) is 14.4. The number of hydrogen-bond acceptors (Lipinski definition) is 3. The van der Waals surface area contributed by atoms with Crippen LogP contribution >= 0.6 is 11.3 Å². The molecule has 0 saturated heterocycles. The smallest absolute Gasteiger partial charge is 0.234 e. The molecular formula is C19H24N2OS. The molecule has 2 aromatic rings. The van der Waals surface area contributed by atoms with Gasteiger partial charge in [-0.05, 0) is 31.0 Å². The Kier molecular flexibility index (Phi) is 7.04. The average molecular weight is 328 g/mol. The highest BCUT2D eigenvalue weighted by atomic mass is 32.1. The second kappa shape index (κ2) is 9.28. The van der Waals surface area contributed by atoms with Crippen LogP contribution in [0, 0.1) is 6.92 Å². The van der Waals surface area contributed by atoms with E-state index < -0.39 is 0 Å². The highest BCUT2D eigenvalue weighted by Crippen LogP contribution is 2.17. The summed E-state index contributed by atoms with van der Waals surface area (Å²) in [5, 5.41) is 2.86. The van der Waals surface area contributed by atoms with Crippen molar-refractivity contribution in [1.82, 2.24) is 10.2 Å². The van der Waals surface area contributed by atoms with Gasteiger partial charge in [0, 0.05) is 29.4 Å². The van der Waals surface area contributed by atoms with Crippen molar-refractivity contribution in [2.75, 3.05) is 19.6 Å². The summed E-state index contributed by atoms with van der Waals surface area (Å²) >= 11 is 1.79. The van der Waals surface area contributed by atoms with Gasteiger partial charge in [-0.2, -0.15) is 0 Å². The van der Waals surface area contributed by atoms with Crippen LogP contribution in [0.2, 0.25) is 0 Å². The molecule has 0 aliphatic rings. The molecule has 1 aromatic carbocycles. The molecular weight excluding hydrogens is 304 g/mol. The molecule has 0 aliphatic carbocycles. The summed E-state index contributed by atoms with van der Waals surface area (Å²) in [6.07, 6.45) is 2.65. The van der Waals surface area contributed by atoms with Gasteiger partial charge in [0.1, 0.15) is 0 Å². The Balaban J connectivity index is 1.95. The molecule has 0 saturated carbocycles. The fourth-order valence-electron chi connectivity index (χ4n) is 2.38. The third kappa shape index (κ3) is 6.38. The highest BCUT2D eigenvalue weighted by Gasteiger charge is 2.12. The van der Waals surface area contributed by atoms with Gasteiger partial charge in [0.25, 0.3) is 0 Å². The third-order valence-electron chi connectivity index (χ3n) is 3.55. The molecule has 0 unspecified atom stereocenters. The number of nitrogens with one attached hydrogen (secondary N) is 1. The Morgan fingerprint density at radius 2 is 2.04 bits per heavy atom. The number of carbonyl (C=O) groups is 1. The van der Waals surface area contributed by atoms with E-state index in [4.69, 9.17) is 0 Å². The summed E-state index contributed by atoms with van der Waals surface area (Å²) in [6, 6.07) is 14.7. The van der Waals surface area contributed by atoms with Gasteiger partial charge in [0.2, 0.25) is 5.91 Å². The van der Waals surface area contributed by atoms with Crippen LogP contribution in [0.1, 0.15) is 15.3 Å². The lowest BCUT2D eigenvalue weighted by molar-refractivity contribution is -0.122. The van der Waals surface area contributed by atoms with E-state index >= 15 is 0 Å². The van der Waals surface area contributed by atoms with Crippen molar-refractivity contribution < 1.29 is 4.79 Å². The maximum atomic E-state index is 12.0. The van der Waals surface area contributed by atoms with Crippen molar-refractivity contribution in [1.29, 1.82) is 0 Å². The first-order valence-corrected chi connectivity index (χ1v) is 8.68. The lowest BCUT2D eigenvalue weighted by Crippen LogP contribution is -2.37. The van der Waals surface area contributed by atoms with Crippen LogP contribution in [0.5, 0.6) is 0 Å². The van der Waals surface area contributed by atoms with Crippen LogP contribution in [0.4, 0.5) is 0 Å². The molecule has 1 N–H and O–H groups in total. The molecule has 0 spiro atoms. The minimum atomic E-state index is 0.0474. The zero-order valence-electron chi connectivity index (χ0n) is 13.6. The molecule has 1 heterocycles. The van der Waals surface area contributed by atoms with Gasteiger partial charge in [-0.3, -0.25) is 9.69 Å². The minimum Gasteiger partial charge on any atom is -0.352 e. The minimum absolute atomic E-state index is 0.0474. The molecule has 1 aromatic heterocycles. The van der Waals surface area contributed by atoms with Crippen LogP contribution in [0.15, 0.2) is 55.1 Å². The number of rotatable bonds is 9. The van der Waals surface area contributed by atoms with E-state index in [-0.39, 0.29) is 5.91 Å². The topological polar surface area (TPSA) is 32.3 Å². The molecule has 0 aliphatic heterocycles. The fraction of sp³-hybridized carbons (Fsp3) is 0.316. The maximum absolute atomic E-state index is 12.0. The van der Waals surface area contributed by atoms with E-state index in [0.717, 1.165) is 19.5 Å². The summed E-state index contributed by atoms with van der Waals surface area (Å²) in [7, 11) is 0. The summed E-state index contributed by atoms with van der Waals surface area (Å²) in [5.41, 5.74) is 1.30. The molecule has 0 atom stereocenters. The second-order valence-corrected chi connectivity index (χ2v) is 6.92. The van der Waals surface area contributed by atoms with Gasteiger partial charge in [-0.25, -0.2) is 0 Å². The Hall–Kier alpha value is -1.91. The van der Waals surface area contributed by atoms with Crippen molar-refractivity contribution in [2.24, 2.45) is 0 Å². The summed E-state index contributed by atoms with van der Waals surface area (Å²) in [4.78, 5) is 16.8. The van der Waals surface area contributed by atoms with E-state index in [0.29, 0.717) is 13.1 Å². The summed E-state index contributed by atoms with van der Waals surface area (Å²) < 4.78 is 0. The van der Waals surface area contributed by atoms with Crippen molar-refractivity contribution in [2.45, 2.75) is 19.9 Å². The van der Waals surface area contributed by atoms with Crippen molar-refractivity contribution in [3.63, 3.8) is 0 Å². The average Bonchev–Trinajstić information content (AvgIpc) is 2.96. The molecule has 2 rings (SSSR count). The maximum Gasteiger partial charge on any atom is 0.234 e. The van der Waals surface area contributed by atoms with Gasteiger partial charge in [0.15, 0.2) is 0 Å². The third-order valence-corrected chi connectivity index (χ3v) is 4.53. The van der Waals surface area contributed by atoms with Crippen molar-refractivity contribution in [3.05, 3.63) is 70.4 Å². The van der Waals surface area contributed by atoms with Gasteiger partial charge < -0.3 is 5.32 Å². The molecule has 3 nitrogen and oxygen atoms in total. The summed E-state index contributed by atoms with van der Waals surface area (Å²) in [5.74, 6) is 0.0474. The number of nitrogens with zero attached hydrogens (tertiary/aromatic N) is 1. The molecule has 122 valence electrons. The first kappa shape index (κ1) is 17.4. The first-order valence-electron chi connectivity index (χ1n) is 7.86. The lowest BCUT2D eigenvalue weighted by atomic mass is 10.1. The fourth-order valence-corrected chi connectivity index (χ4v) is 3.31. The first-order chi connectivity index (χ1) is 11.2. The Morgan fingerprint density at radius 1 is 1.26 bits per heavy atom. The number of carbonyl (C=O) groups excluding carboxylic acids is 1. The Bertz CT molecular complexity index is 621. The summed E-state index contributed by atoms with van der Waals surface area (Å²) in [6.45, 7) is 8.35. The van der Waals surface area contributed by atoms with E-state index in [1.165, 1.54) is 15.3 Å². The Morgan fingerprint density at radius 3 is 2.70 bits per heavy atom. The quantitative estimate of drug-likeness (QED) is 0.716. The van der Waals surface area contributed by atoms with Crippen molar-refractivity contribution >= 4 is 17.2 Å². The van der Waals surface area contributed by atoms with Gasteiger partial charge >= 0.3 is 0 Å². The molecule has 1 amide bonds.